The van der Waals surface area contributed by atoms with Crippen molar-refractivity contribution >= 4 is 10.0 Å². The van der Waals surface area contributed by atoms with Gasteiger partial charge in [0, 0.05) is 12.6 Å². The van der Waals surface area contributed by atoms with Crippen molar-refractivity contribution in [2.45, 2.75) is 10.9 Å². The van der Waals surface area contributed by atoms with Crippen LogP contribution in [0.5, 0.6) is 0 Å². The van der Waals surface area contributed by atoms with Gasteiger partial charge in [0.25, 0.3) is 0 Å². The van der Waals surface area contributed by atoms with Gasteiger partial charge in [0.05, 0.1) is 16.5 Å². The molecule has 0 spiro atoms. The molecule has 5 nitrogen and oxygen atoms in total. The molecule has 0 aliphatic carbocycles. The average molecular weight is 347 g/mol. The molecule has 0 saturated heterocycles. The lowest BCUT2D eigenvalue weighted by Crippen LogP contribution is -2.34. The highest BCUT2D eigenvalue weighted by molar-refractivity contribution is 7.89. The molecule has 0 saturated carbocycles. The molecule has 2 aromatic rings. The van der Waals surface area contributed by atoms with Crippen LogP contribution in [0.2, 0.25) is 0 Å². The van der Waals surface area contributed by atoms with Crippen LogP contribution in [-0.2, 0) is 10.0 Å². The van der Waals surface area contributed by atoms with Crippen LogP contribution in [0.25, 0.3) is 0 Å². The number of benzene rings is 2. The third kappa shape index (κ3) is 4.38. The summed E-state index contributed by atoms with van der Waals surface area (Å²) in [5.74, 6) is -0.371. The summed E-state index contributed by atoms with van der Waals surface area (Å²) >= 11 is 0. The molecule has 2 aromatic carbocycles. The largest absolute Gasteiger partial charge is 0.301 e. The van der Waals surface area contributed by atoms with E-state index in [1.807, 2.05) is 11.0 Å². The molecular weight excluding hydrogens is 329 g/mol. The second-order valence-corrected chi connectivity index (χ2v) is 7.29. The van der Waals surface area contributed by atoms with E-state index in [1.165, 1.54) is 36.4 Å². The lowest BCUT2D eigenvalue weighted by atomic mass is 10.1. The van der Waals surface area contributed by atoms with Gasteiger partial charge in [0.15, 0.2) is 0 Å². The molecule has 0 radical (unpaired) electrons. The minimum Gasteiger partial charge on any atom is -0.301 e. The molecule has 1 unspecified atom stereocenters. The molecule has 24 heavy (non-hydrogen) atoms. The Hall–Kier alpha value is -2.27. The van der Waals surface area contributed by atoms with E-state index in [0.717, 1.165) is 0 Å². The van der Waals surface area contributed by atoms with Gasteiger partial charge in [-0.25, -0.2) is 17.5 Å². The van der Waals surface area contributed by atoms with E-state index in [0.29, 0.717) is 5.56 Å². The summed E-state index contributed by atoms with van der Waals surface area (Å²) in [6, 6.07) is 13.4. The second-order valence-electron chi connectivity index (χ2n) is 5.53. The Morgan fingerprint density at radius 1 is 1.21 bits per heavy atom. The quantitative estimate of drug-likeness (QED) is 0.870. The minimum absolute atomic E-state index is 0.0262. The van der Waals surface area contributed by atoms with Gasteiger partial charge in [-0.05, 0) is 50.0 Å². The van der Waals surface area contributed by atoms with Crippen molar-refractivity contribution in [3.8, 4) is 6.07 Å². The Balaban J connectivity index is 2.21. The summed E-state index contributed by atoms with van der Waals surface area (Å²) in [5, 5.41) is 8.89. The summed E-state index contributed by atoms with van der Waals surface area (Å²) in [7, 11) is -0.177. The third-order valence-electron chi connectivity index (χ3n) is 3.60. The first-order valence-corrected chi connectivity index (χ1v) is 8.73. The summed E-state index contributed by atoms with van der Waals surface area (Å²) in [5.41, 5.74) is 0.945. The van der Waals surface area contributed by atoms with Crippen molar-refractivity contribution in [1.29, 1.82) is 5.26 Å². The molecule has 1 N–H and O–H groups in total. The van der Waals surface area contributed by atoms with Gasteiger partial charge in [-0.2, -0.15) is 5.26 Å². The molecule has 0 aliphatic rings. The smallest absolute Gasteiger partial charge is 0.240 e. The summed E-state index contributed by atoms with van der Waals surface area (Å²) in [6.45, 7) is 0.0789. The number of rotatable bonds is 6. The molecule has 0 aromatic heterocycles. The zero-order valence-electron chi connectivity index (χ0n) is 13.4. The number of halogens is 1. The average Bonchev–Trinajstić information content (AvgIpc) is 2.55. The fourth-order valence-corrected chi connectivity index (χ4v) is 3.40. The van der Waals surface area contributed by atoms with Crippen LogP contribution in [0.4, 0.5) is 4.39 Å². The Morgan fingerprint density at radius 2 is 1.92 bits per heavy atom. The molecule has 0 aliphatic heterocycles. The first kappa shape index (κ1) is 18.1. The van der Waals surface area contributed by atoms with Crippen molar-refractivity contribution in [2.24, 2.45) is 0 Å². The highest BCUT2D eigenvalue weighted by atomic mass is 32.2. The SMILES string of the molecule is CN(C)C(CNS(=O)(=O)c1cccc(C#N)c1)c1cccc(F)c1. The Labute approximate surface area is 141 Å². The van der Waals surface area contributed by atoms with E-state index in [9.17, 15) is 12.8 Å². The predicted molar refractivity (Wildman–Crippen MR) is 89.2 cm³/mol. The first-order valence-electron chi connectivity index (χ1n) is 7.25. The number of nitrogens with zero attached hydrogens (tertiary/aromatic N) is 2. The maximum Gasteiger partial charge on any atom is 0.240 e. The molecule has 0 fully saturated rings. The van der Waals surface area contributed by atoms with Gasteiger partial charge in [0.1, 0.15) is 5.82 Å². The van der Waals surface area contributed by atoms with E-state index in [4.69, 9.17) is 5.26 Å². The van der Waals surface area contributed by atoms with Gasteiger partial charge in [-0.3, -0.25) is 0 Å². The summed E-state index contributed by atoms with van der Waals surface area (Å²) in [6.07, 6.45) is 0. The van der Waals surface area contributed by atoms with Crippen LogP contribution < -0.4 is 4.72 Å². The highest BCUT2D eigenvalue weighted by Crippen LogP contribution is 2.19. The molecule has 126 valence electrons. The maximum atomic E-state index is 13.4. The third-order valence-corrected chi connectivity index (χ3v) is 5.02. The van der Waals surface area contributed by atoms with Crippen LogP contribution in [0.3, 0.4) is 0 Å². The number of hydrogen-bond acceptors (Lipinski definition) is 4. The van der Waals surface area contributed by atoms with Crippen molar-refractivity contribution in [1.82, 2.24) is 9.62 Å². The maximum absolute atomic E-state index is 13.4. The molecule has 7 heteroatoms. The lowest BCUT2D eigenvalue weighted by molar-refractivity contribution is 0.299. The zero-order valence-corrected chi connectivity index (χ0v) is 14.2. The number of nitriles is 1. The topological polar surface area (TPSA) is 73.2 Å². The van der Waals surface area contributed by atoms with Crippen molar-refractivity contribution < 1.29 is 12.8 Å². The number of sulfonamides is 1. The molecule has 0 amide bonds. The Morgan fingerprint density at radius 3 is 2.54 bits per heavy atom. The Kier molecular flexibility index (Phi) is 5.67. The molecular formula is C17H18FN3O2S. The number of nitrogens with one attached hydrogen (secondary N) is 1. The van der Waals surface area contributed by atoms with Crippen molar-refractivity contribution in [3.05, 3.63) is 65.5 Å². The first-order chi connectivity index (χ1) is 11.3. The normalized spacial score (nSPS) is 12.8. The second kappa shape index (κ2) is 7.53. The van der Waals surface area contributed by atoms with Gasteiger partial charge in [0.2, 0.25) is 10.0 Å². The van der Waals surface area contributed by atoms with Crippen LogP contribution >= 0.6 is 0 Å². The highest BCUT2D eigenvalue weighted by Gasteiger charge is 2.20. The van der Waals surface area contributed by atoms with E-state index >= 15 is 0 Å². The summed E-state index contributed by atoms with van der Waals surface area (Å²) < 4.78 is 40.8. The molecule has 0 heterocycles. The van der Waals surface area contributed by atoms with Gasteiger partial charge < -0.3 is 4.90 Å². The van der Waals surface area contributed by atoms with E-state index in [2.05, 4.69) is 4.72 Å². The van der Waals surface area contributed by atoms with Crippen LogP contribution in [0.1, 0.15) is 17.2 Å². The van der Waals surface area contributed by atoms with Crippen molar-refractivity contribution in [3.63, 3.8) is 0 Å². The fraction of sp³-hybridized carbons (Fsp3) is 0.235. The van der Waals surface area contributed by atoms with Crippen LogP contribution in [0.15, 0.2) is 53.4 Å². The standard InChI is InChI=1S/C17H18FN3O2S/c1-21(2)17(14-6-4-7-15(18)10-14)12-20-24(22,23)16-8-3-5-13(9-16)11-19/h3-10,17,20H,12H2,1-2H3. The monoisotopic (exact) mass is 347 g/mol. The van der Waals surface area contributed by atoms with Gasteiger partial charge in [-0.15, -0.1) is 0 Å². The van der Waals surface area contributed by atoms with Crippen molar-refractivity contribution in [2.75, 3.05) is 20.6 Å². The van der Waals surface area contributed by atoms with E-state index in [1.54, 1.807) is 26.2 Å². The predicted octanol–water partition coefficient (Wildman–Crippen LogP) is 2.28. The fourth-order valence-electron chi connectivity index (χ4n) is 2.32. The van der Waals surface area contributed by atoms with E-state index < -0.39 is 10.0 Å². The lowest BCUT2D eigenvalue weighted by Gasteiger charge is -2.25. The number of likely N-dealkylation sites (N-methyl/N-ethyl adjacent to an activating group) is 1. The Bertz CT molecular complexity index is 860. The summed E-state index contributed by atoms with van der Waals surface area (Å²) in [4.78, 5) is 1.83. The van der Waals surface area contributed by atoms with Gasteiger partial charge in [-0.1, -0.05) is 18.2 Å². The van der Waals surface area contributed by atoms with Crippen LogP contribution in [-0.4, -0.2) is 34.0 Å². The zero-order chi connectivity index (χ0) is 17.7. The van der Waals surface area contributed by atoms with E-state index in [-0.39, 0.29) is 28.9 Å². The minimum atomic E-state index is -3.76. The number of hydrogen-bond donors (Lipinski definition) is 1. The molecule has 1 atom stereocenters. The van der Waals surface area contributed by atoms with Gasteiger partial charge >= 0.3 is 0 Å². The molecule has 0 bridgehead atoms. The van der Waals surface area contributed by atoms with Crippen LogP contribution in [0, 0.1) is 17.1 Å². The molecule has 2 rings (SSSR count).